The first-order valence-electron chi connectivity index (χ1n) is 8.54. The summed E-state index contributed by atoms with van der Waals surface area (Å²) in [5.41, 5.74) is 2.30. The van der Waals surface area contributed by atoms with Crippen LogP contribution in [0.25, 0.3) is 0 Å². The topological polar surface area (TPSA) is 28.2 Å². The fourth-order valence-electron chi connectivity index (χ4n) is 2.54. The average Bonchev–Trinajstić information content (AvgIpc) is 2.48. The van der Waals surface area contributed by atoms with E-state index >= 15 is 0 Å². The van der Waals surface area contributed by atoms with E-state index in [-0.39, 0.29) is 0 Å². The maximum atomic E-state index is 4.60. The summed E-state index contributed by atoms with van der Waals surface area (Å²) in [7, 11) is 0. The maximum absolute atomic E-state index is 4.60. The van der Waals surface area contributed by atoms with E-state index in [0.717, 1.165) is 25.3 Å². The zero-order valence-electron chi connectivity index (χ0n) is 14.4. The van der Waals surface area contributed by atoms with Crippen LogP contribution in [0.15, 0.2) is 18.2 Å². The maximum Gasteiger partial charge on any atom is 0.0547 e. The molecule has 120 valence electrons. The van der Waals surface area contributed by atoms with Gasteiger partial charge in [0, 0.05) is 18.3 Å². The van der Waals surface area contributed by atoms with Crippen LogP contribution in [-0.4, -0.2) is 35.6 Å². The molecule has 0 amide bonds. The molecule has 0 spiro atoms. The van der Waals surface area contributed by atoms with E-state index in [9.17, 15) is 0 Å². The highest BCUT2D eigenvalue weighted by Crippen LogP contribution is 2.07. The third kappa shape index (κ3) is 8.18. The number of unbranched alkanes of at least 4 members (excludes halogenated alkanes) is 1. The summed E-state index contributed by atoms with van der Waals surface area (Å²) in [6.07, 6.45) is 5.07. The van der Waals surface area contributed by atoms with Crippen LogP contribution >= 0.6 is 0 Å². The smallest absolute Gasteiger partial charge is 0.0547 e. The molecular formula is C18H33N3. The molecule has 0 aromatic carbocycles. The van der Waals surface area contributed by atoms with Crippen molar-refractivity contribution >= 4 is 0 Å². The summed E-state index contributed by atoms with van der Waals surface area (Å²) in [6, 6.07) is 6.95. The highest BCUT2D eigenvalue weighted by Gasteiger charge is 2.06. The molecule has 0 saturated heterocycles. The van der Waals surface area contributed by atoms with Crippen LogP contribution < -0.4 is 5.32 Å². The number of hydrogen-bond donors (Lipinski definition) is 1. The predicted molar refractivity (Wildman–Crippen MR) is 91.5 cm³/mol. The van der Waals surface area contributed by atoms with Crippen molar-refractivity contribution < 1.29 is 0 Å². The predicted octanol–water partition coefficient (Wildman–Crippen LogP) is 3.77. The van der Waals surface area contributed by atoms with Crippen molar-refractivity contribution in [3.05, 3.63) is 29.6 Å². The summed E-state index contributed by atoms with van der Waals surface area (Å²) in [5, 5.41) is 3.56. The monoisotopic (exact) mass is 291 g/mol. The minimum Gasteiger partial charge on any atom is -0.314 e. The van der Waals surface area contributed by atoms with Crippen molar-refractivity contribution in [1.29, 1.82) is 0 Å². The van der Waals surface area contributed by atoms with Gasteiger partial charge in [0.1, 0.15) is 0 Å². The second-order valence-corrected chi connectivity index (χ2v) is 5.99. The van der Waals surface area contributed by atoms with Crippen LogP contribution in [0.2, 0.25) is 0 Å². The Balaban J connectivity index is 2.22. The number of rotatable bonds is 11. The summed E-state index contributed by atoms with van der Waals surface area (Å²) in [4.78, 5) is 7.09. The molecule has 1 unspecified atom stereocenters. The lowest BCUT2D eigenvalue weighted by Crippen LogP contribution is -2.27. The van der Waals surface area contributed by atoms with Crippen LogP contribution in [0.4, 0.5) is 0 Å². The minimum absolute atomic E-state index is 0.651. The molecule has 1 heterocycles. The molecule has 0 aliphatic rings. The number of aryl methyl sites for hydroxylation is 1. The Kier molecular flexibility index (Phi) is 9.27. The van der Waals surface area contributed by atoms with Crippen molar-refractivity contribution in [2.45, 2.75) is 66.0 Å². The number of nitrogens with zero attached hydrogens (tertiary/aromatic N) is 2. The quantitative estimate of drug-likeness (QED) is 0.629. The van der Waals surface area contributed by atoms with Crippen LogP contribution in [0.1, 0.15) is 57.8 Å². The van der Waals surface area contributed by atoms with Crippen LogP contribution in [0.3, 0.4) is 0 Å². The van der Waals surface area contributed by atoms with Gasteiger partial charge in [-0.1, -0.05) is 26.3 Å². The van der Waals surface area contributed by atoms with Gasteiger partial charge in [0.25, 0.3) is 0 Å². The van der Waals surface area contributed by atoms with E-state index in [2.05, 4.69) is 61.1 Å². The Bertz CT molecular complexity index is 378. The first kappa shape index (κ1) is 18.1. The van der Waals surface area contributed by atoms with Crippen molar-refractivity contribution in [1.82, 2.24) is 15.2 Å². The molecule has 0 saturated carbocycles. The highest BCUT2D eigenvalue weighted by atomic mass is 15.1. The third-order valence-electron chi connectivity index (χ3n) is 3.88. The third-order valence-corrected chi connectivity index (χ3v) is 3.88. The van der Waals surface area contributed by atoms with E-state index < -0.39 is 0 Å². The van der Waals surface area contributed by atoms with Gasteiger partial charge in [0.15, 0.2) is 0 Å². The minimum atomic E-state index is 0.651. The average molecular weight is 291 g/mol. The van der Waals surface area contributed by atoms with Gasteiger partial charge in [-0.25, -0.2) is 0 Å². The SMILES string of the molecule is CCCNC(C)CCCCN(CC)Cc1cccc(C)n1. The molecule has 0 aliphatic carbocycles. The van der Waals surface area contributed by atoms with Gasteiger partial charge in [0.05, 0.1) is 5.69 Å². The van der Waals surface area contributed by atoms with Crippen molar-refractivity contribution in [3.8, 4) is 0 Å². The molecule has 3 heteroatoms. The molecule has 21 heavy (non-hydrogen) atoms. The van der Waals surface area contributed by atoms with Crippen LogP contribution in [-0.2, 0) is 6.54 Å². The lowest BCUT2D eigenvalue weighted by Gasteiger charge is -2.20. The fourth-order valence-corrected chi connectivity index (χ4v) is 2.54. The van der Waals surface area contributed by atoms with Gasteiger partial charge in [-0.2, -0.15) is 0 Å². The van der Waals surface area contributed by atoms with Gasteiger partial charge < -0.3 is 5.32 Å². The zero-order valence-corrected chi connectivity index (χ0v) is 14.4. The van der Waals surface area contributed by atoms with Gasteiger partial charge in [-0.05, 0) is 64.9 Å². The van der Waals surface area contributed by atoms with Gasteiger partial charge in [-0.15, -0.1) is 0 Å². The van der Waals surface area contributed by atoms with E-state index in [1.54, 1.807) is 0 Å². The molecule has 0 fully saturated rings. The summed E-state index contributed by atoms with van der Waals surface area (Å²) in [6.45, 7) is 13.2. The van der Waals surface area contributed by atoms with Crippen LogP contribution in [0.5, 0.6) is 0 Å². The van der Waals surface area contributed by atoms with Crippen molar-refractivity contribution in [2.75, 3.05) is 19.6 Å². The van der Waals surface area contributed by atoms with Gasteiger partial charge in [0.2, 0.25) is 0 Å². The molecule has 3 nitrogen and oxygen atoms in total. The molecule has 0 aliphatic heterocycles. The Labute approximate surface area is 131 Å². The molecule has 1 rings (SSSR count). The van der Waals surface area contributed by atoms with Crippen molar-refractivity contribution in [2.24, 2.45) is 0 Å². The molecule has 1 N–H and O–H groups in total. The van der Waals surface area contributed by atoms with Gasteiger partial charge >= 0.3 is 0 Å². The Morgan fingerprint density at radius 2 is 2.05 bits per heavy atom. The zero-order chi connectivity index (χ0) is 15.5. The fraction of sp³-hybridized carbons (Fsp3) is 0.722. The number of aromatic nitrogens is 1. The lowest BCUT2D eigenvalue weighted by molar-refractivity contribution is 0.268. The van der Waals surface area contributed by atoms with E-state index in [0.29, 0.717) is 6.04 Å². The first-order valence-corrected chi connectivity index (χ1v) is 8.54. The highest BCUT2D eigenvalue weighted by molar-refractivity contribution is 5.09. The van der Waals surface area contributed by atoms with Crippen LogP contribution in [0, 0.1) is 6.92 Å². The van der Waals surface area contributed by atoms with Crippen molar-refractivity contribution in [3.63, 3.8) is 0 Å². The second-order valence-electron chi connectivity index (χ2n) is 5.99. The first-order chi connectivity index (χ1) is 10.2. The molecular weight excluding hydrogens is 258 g/mol. The molecule has 1 atom stereocenters. The largest absolute Gasteiger partial charge is 0.314 e. The van der Waals surface area contributed by atoms with Gasteiger partial charge in [-0.3, -0.25) is 9.88 Å². The number of pyridine rings is 1. The Hall–Kier alpha value is -0.930. The normalized spacial score (nSPS) is 12.8. The number of nitrogens with one attached hydrogen (secondary N) is 1. The van der Waals surface area contributed by atoms with E-state index in [1.807, 2.05) is 0 Å². The molecule has 0 radical (unpaired) electrons. The summed E-state index contributed by atoms with van der Waals surface area (Å²) in [5.74, 6) is 0. The molecule has 1 aromatic rings. The Morgan fingerprint density at radius 1 is 1.24 bits per heavy atom. The lowest BCUT2D eigenvalue weighted by atomic mass is 10.1. The molecule has 1 aromatic heterocycles. The second kappa shape index (κ2) is 10.7. The summed E-state index contributed by atoms with van der Waals surface area (Å²) < 4.78 is 0. The number of hydrogen-bond acceptors (Lipinski definition) is 3. The standard InChI is InChI=1S/C18H33N3/c1-5-13-19-16(3)10-7-8-14-21(6-2)15-18-12-9-11-17(4)20-18/h9,11-12,16,19H,5-8,10,13-15H2,1-4H3. The molecule has 0 bridgehead atoms. The Morgan fingerprint density at radius 3 is 2.71 bits per heavy atom. The summed E-state index contributed by atoms with van der Waals surface area (Å²) >= 11 is 0. The van der Waals surface area contributed by atoms with E-state index in [1.165, 1.54) is 37.9 Å². The van der Waals surface area contributed by atoms with E-state index in [4.69, 9.17) is 0 Å².